The van der Waals surface area contributed by atoms with Crippen molar-refractivity contribution < 1.29 is 9.53 Å². The van der Waals surface area contributed by atoms with E-state index in [4.69, 9.17) is 4.74 Å². The SMILES string of the molecule is COc1ccccc1NC(=O)CSc1nc(C)cs1. The second-order valence-corrected chi connectivity index (χ2v) is 5.87. The first kappa shape index (κ1) is 13.9. The van der Waals surface area contributed by atoms with Gasteiger partial charge in [-0.15, -0.1) is 11.3 Å². The molecule has 1 N–H and O–H groups in total. The van der Waals surface area contributed by atoms with Crippen LogP contribution < -0.4 is 10.1 Å². The van der Waals surface area contributed by atoms with Crippen molar-refractivity contribution in [1.82, 2.24) is 4.98 Å². The van der Waals surface area contributed by atoms with Gasteiger partial charge in [-0.1, -0.05) is 23.9 Å². The summed E-state index contributed by atoms with van der Waals surface area (Å²) in [5, 5.41) is 4.80. The van der Waals surface area contributed by atoms with Crippen molar-refractivity contribution in [3.8, 4) is 5.75 Å². The van der Waals surface area contributed by atoms with Gasteiger partial charge in [0.15, 0.2) is 4.34 Å². The van der Waals surface area contributed by atoms with Gasteiger partial charge in [-0.2, -0.15) is 0 Å². The molecule has 100 valence electrons. The topological polar surface area (TPSA) is 51.2 Å². The molecule has 0 fully saturated rings. The molecule has 1 heterocycles. The lowest BCUT2D eigenvalue weighted by atomic mass is 10.3. The van der Waals surface area contributed by atoms with Crippen LogP contribution in [0.15, 0.2) is 34.0 Å². The Bertz CT molecular complexity index is 569. The highest BCUT2D eigenvalue weighted by atomic mass is 32.2. The molecule has 0 saturated heterocycles. The second-order valence-electron chi connectivity index (χ2n) is 3.79. The monoisotopic (exact) mass is 294 g/mol. The van der Waals surface area contributed by atoms with E-state index in [-0.39, 0.29) is 5.91 Å². The van der Waals surface area contributed by atoms with Gasteiger partial charge >= 0.3 is 0 Å². The highest BCUT2D eigenvalue weighted by Crippen LogP contribution is 2.25. The number of thiazole rings is 1. The number of ether oxygens (including phenoxy) is 1. The molecular weight excluding hydrogens is 280 g/mol. The van der Waals surface area contributed by atoms with E-state index < -0.39 is 0 Å². The van der Waals surface area contributed by atoms with Gasteiger partial charge in [0.2, 0.25) is 5.91 Å². The molecule has 1 aromatic heterocycles. The van der Waals surface area contributed by atoms with Crippen LogP contribution in [-0.4, -0.2) is 23.8 Å². The molecule has 0 spiro atoms. The molecule has 2 rings (SSSR count). The maximum atomic E-state index is 11.9. The van der Waals surface area contributed by atoms with E-state index in [2.05, 4.69) is 10.3 Å². The molecule has 0 saturated carbocycles. The van der Waals surface area contributed by atoms with E-state index in [0.717, 1.165) is 10.0 Å². The summed E-state index contributed by atoms with van der Waals surface area (Å²) in [6.45, 7) is 1.94. The zero-order valence-electron chi connectivity index (χ0n) is 10.7. The number of para-hydroxylation sites is 2. The fourth-order valence-electron chi connectivity index (χ4n) is 1.46. The number of aromatic nitrogens is 1. The summed E-state index contributed by atoms with van der Waals surface area (Å²) in [4.78, 5) is 16.2. The minimum Gasteiger partial charge on any atom is -0.495 e. The smallest absolute Gasteiger partial charge is 0.234 e. The van der Waals surface area contributed by atoms with Crippen LogP contribution in [0.4, 0.5) is 5.69 Å². The number of thioether (sulfide) groups is 1. The average molecular weight is 294 g/mol. The van der Waals surface area contributed by atoms with E-state index in [0.29, 0.717) is 17.2 Å². The first-order valence-corrected chi connectivity index (χ1v) is 7.53. The molecule has 0 atom stereocenters. The number of nitrogens with zero attached hydrogens (tertiary/aromatic N) is 1. The van der Waals surface area contributed by atoms with Crippen LogP contribution in [0.3, 0.4) is 0 Å². The third-order valence-electron chi connectivity index (χ3n) is 2.31. The Labute approximate surface area is 120 Å². The van der Waals surface area contributed by atoms with Gasteiger partial charge in [0.1, 0.15) is 5.75 Å². The molecule has 0 aliphatic rings. The van der Waals surface area contributed by atoms with Crippen molar-refractivity contribution in [2.24, 2.45) is 0 Å². The fraction of sp³-hybridized carbons (Fsp3) is 0.231. The molecule has 19 heavy (non-hydrogen) atoms. The normalized spacial score (nSPS) is 10.2. The van der Waals surface area contributed by atoms with Crippen LogP contribution in [0.2, 0.25) is 0 Å². The molecule has 0 unspecified atom stereocenters. The quantitative estimate of drug-likeness (QED) is 0.860. The van der Waals surface area contributed by atoms with Gasteiger partial charge in [0, 0.05) is 11.1 Å². The number of anilines is 1. The number of benzene rings is 1. The van der Waals surface area contributed by atoms with Crippen LogP contribution >= 0.6 is 23.1 Å². The highest BCUT2D eigenvalue weighted by molar-refractivity contribution is 8.01. The molecule has 1 aromatic carbocycles. The summed E-state index contributed by atoms with van der Waals surface area (Å²) >= 11 is 2.99. The molecule has 6 heteroatoms. The molecule has 0 bridgehead atoms. The van der Waals surface area contributed by atoms with Gasteiger partial charge in [-0.3, -0.25) is 4.79 Å². The minimum absolute atomic E-state index is 0.0673. The standard InChI is InChI=1S/C13H14N2O2S2/c1-9-7-18-13(14-9)19-8-12(16)15-10-5-3-4-6-11(10)17-2/h3-7H,8H2,1-2H3,(H,15,16). The van der Waals surface area contributed by atoms with Crippen molar-refractivity contribution >= 4 is 34.7 Å². The number of nitrogens with one attached hydrogen (secondary N) is 1. The lowest BCUT2D eigenvalue weighted by Crippen LogP contribution is -2.14. The fourth-order valence-corrected chi connectivity index (χ4v) is 3.11. The van der Waals surface area contributed by atoms with E-state index in [1.807, 2.05) is 36.6 Å². The average Bonchev–Trinajstić information content (AvgIpc) is 2.83. The summed E-state index contributed by atoms with van der Waals surface area (Å²) in [5.41, 5.74) is 1.67. The second kappa shape index (κ2) is 6.58. The lowest BCUT2D eigenvalue weighted by molar-refractivity contribution is -0.113. The summed E-state index contributed by atoms with van der Waals surface area (Å²) in [6, 6.07) is 7.35. The first-order valence-electron chi connectivity index (χ1n) is 5.67. The molecule has 1 amide bonds. The molecule has 0 aliphatic carbocycles. The van der Waals surface area contributed by atoms with Crippen molar-refractivity contribution in [1.29, 1.82) is 0 Å². The summed E-state index contributed by atoms with van der Waals surface area (Å²) in [6.07, 6.45) is 0. The Morgan fingerprint density at radius 2 is 2.26 bits per heavy atom. The summed E-state index contributed by atoms with van der Waals surface area (Å²) < 4.78 is 6.09. The van der Waals surface area contributed by atoms with Gasteiger partial charge in [-0.25, -0.2) is 4.98 Å². The molecule has 2 aromatic rings. The Morgan fingerprint density at radius 3 is 2.95 bits per heavy atom. The predicted molar refractivity (Wildman–Crippen MR) is 79.2 cm³/mol. The number of carbonyl (C=O) groups excluding carboxylic acids is 1. The number of methoxy groups -OCH3 is 1. The van der Waals surface area contributed by atoms with Crippen LogP contribution in [0.5, 0.6) is 5.75 Å². The van der Waals surface area contributed by atoms with Crippen molar-refractivity contribution in [3.63, 3.8) is 0 Å². The first-order chi connectivity index (χ1) is 9.19. The number of carbonyl (C=O) groups is 1. The van der Waals surface area contributed by atoms with E-state index >= 15 is 0 Å². The third kappa shape index (κ3) is 3.97. The summed E-state index contributed by atoms with van der Waals surface area (Å²) in [5.74, 6) is 0.929. The third-order valence-corrected chi connectivity index (χ3v) is 4.44. The Morgan fingerprint density at radius 1 is 1.47 bits per heavy atom. The van der Waals surface area contributed by atoms with Crippen LogP contribution in [0.25, 0.3) is 0 Å². The number of amides is 1. The van der Waals surface area contributed by atoms with Crippen LogP contribution in [-0.2, 0) is 4.79 Å². The number of hydrogen-bond acceptors (Lipinski definition) is 5. The molecule has 0 radical (unpaired) electrons. The van der Waals surface area contributed by atoms with Crippen molar-refractivity contribution in [2.75, 3.05) is 18.2 Å². The Hall–Kier alpha value is -1.53. The van der Waals surface area contributed by atoms with Gasteiger partial charge < -0.3 is 10.1 Å². The minimum atomic E-state index is -0.0673. The van der Waals surface area contributed by atoms with Crippen molar-refractivity contribution in [2.45, 2.75) is 11.3 Å². The largest absolute Gasteiger partial charge is 0.495 e. The highest BCUT2D eigenvalue weighted by Gasteiger charge is 2.08. The number of rotatable bonds is 5. The Kier molecular flexibility index (Phi) is 4.81. The molecule has 4 nitrogen and oxygen atoms in total. The molecule has 0 aliphatic heterocycles. The predicted octanol–water partition coefficient (Wildman–Crippen LogP) is 3.19. The van der Waals surface area contributed by atoms with Gasteiger partial charge in [0.25, 0.3) is 0 Å². The number of hydrogen-bond donors (Lipinski definition) is 1. The number of aryl methyl sites for hydroxylation is 1. The maximum Gasteiger partial charge on any atom is 0.234 e. The van der Waals surface area contributed by atoms with E-state index in [1.54, 1.807) is 18.4 Å². The van der Waals surface area contributed by atoms with Crippen LogP contribution in [0.1, 0.15) is 5.69 Å². The van der Waals surface area contributed by atoms with Crippen LogP contribution in [0, 0.1) is 6.92 Å². The molecular formula is C13H14N2O2S2. The lowest BCUT2D eigenvalue weighted by Gasteiger charge is -2.09. The van der Waals surface area contributed by atoms with E-state index in [9.17, 15) is 4.79 Å². The maximum absolute atomic E-state index is 11.9. The van der Waals surface area contributed by atoms with Gasteiger partial charge in [-0.05, 0) is 19.1 Å². The Balaban J connectivity index is 1.90. The zero-order chi connectivity index (χ0) is 13.7. The summed E-state index contributed by atoms with van der Waals surface area (Å²) in [7, 11) is 1.58. The van der Waals surface area contributed by atoms with E-state index in [1.165, 1.54) is 11.8 Å². The van der Waals surface area contributed by atoms with Crippen molar-refractivity contribution in [3.05, 3.63) is 35.3 Å². The zero-order valence-corrected chi connectivity index (χ0v) is 12.3. The van der Waals surface area contributed by atoms with Gasteiger partial charge in [0.05, 0.1) is 18.6 Å².